The van der Waals surface area contributed by atoms with Gasteiger partial charge < -0.3 is 9.88 Å². The van der Waals surface area contributed by atoms with Crippen molar-refractivity contribution in [2.75, 3.05) is 12.4 Å². The van der Waals surface area contributed by atoms with E-state index < -0.39 is 10.0 Å². The van der Waals surface area contributed by atoms with E-state index in [0.717, 1.165) is 29.8 Å². The molecule has 1 aliphatic carbocycles. The molecule has 3 rings (SSSR count). The van der Waals surface area contributed by atoms with Crippen LogP contribution >= 0.6 is 0 Å². The Morgan fingerprint density at radius 3 is 2.58 bits per heavy atom. The Morgan fingerprint density at radius 2 is 1.96 bits per heavy atom. The van der Waals surface area contributed by atoms with Gasteiger partial charge in [0.25, 0.3) is 0 Å². The van der Waals surface area contributed by atoms with E-state index in [4.69, 9.17) is 0 Å². The number of benzene rings is 1. The first kappa shape index (κ1) is 17.0. The van der Waals surface area contributed by atoms with Gasteiger partial charge in [-0.05, 0) is 38.1 Å². The van der Waals surface area contributed by atoms with Gasteiger partial charge in [-0.2, -0.15) is 0 Å². The minimum Gasteiger partial charge on any atom is -0.382 e. The van der Waals surface area contributed by atoms with E-state index in [9.17, 15) is 8.42 Å². The van der Waals surface area contributed by atoms with Crippen LogP contribution in [-0.4, -0.2) is 31.1 Å². The molecule has 0 aliphatic heterocycles. The van der Waals surface area contributed by atoms with Crippen molar-refractivity contribution in [1.29, 1.82) is 0 Å². The quantitative estimate of drug-likeness (QED) is 0.871. The SMILES string of the molecule is CNS(=O)(=O)c1ccc(NC2CCCCC2)c(-c2cn(C)cn2)c1. The van der Waals surface area contributed by atoms with Crippen molar-refractivity contribution < 1.29 is 8.42 Å². The summed E-state index contributed by atoms with van der Waals surface area (Å²) < 4.78 is 28.5. The van der Waals surface area contributed by atoms with Crippen LogP contribution in [0.1, 0.15) is 32.1 Å². The van der Waals surface area contributed by atoms with Crippen LogP contribution in [0.2, 0.25) is 0 Å². The van der Waals surface area contributed by atoms with Crippen LogP contribution in [0.4, 0.5) is 5.69 Å². The minimum atomic E-state index is -3.48. The average Bonchev–Trinajstić information content (AvgIpc) is 3.02. The summed E-state index contributed by atoms with van der Waals surface area (Å²) in [5.41, 5.74) is 2.53. The fourth-order valence-corrected chi connectivity index (χ4v) is 3.92. The zero-order valence-electron chi connectivity index (χ0n) is 14.1. The summed E-state index contributed by atoms with van der Waals surface area (Å²) in [4.78, 5) is 4.65. The largest absolute Gasteiger partial charge is 0.382 e. The van der Waals surface area contributed by atoms with Gasteiger partial charge in [-0.3, -0.25) is 0 Å². The molecule has 0 saturated heterocycles. The Balaban J connectivity index is 2.00. The van der Waals surface area contributed by atoms with Gasteiger partial charge in [0.2, 0.25) is 10.0 Å². The van der Waals surface area contributed by atoms with Crippen LogP contribution in [-0.2, 0) is 17.1 Å². The molecule has 0 amide bonds. The number of aromatic nitrogens is 2. The third-order valence-corrected chi connectivity index (χ3v) is 5.93. The van der Waals surface area contributed by atoms with E-state index in [1.54, 1.807) is 18.5 Å². The number of aryl methyl sites for hydroxylation is 1. The van der Waals surface area contributed by atoms with Crippen LogP contribution < -0.4 is 10.0 Å². The lowest BCUT2D eigenvalue weighted by Gasteiger charge is -2.25. The summed E-state index contributed by atoms with van der Waals surface area (Å²) in [6, 6.07) is 5.62. The van der Waals surface area contributed by atoms with E-state index >= 15 is 0 Å². The maximum atomic E-state index is 12.1. The highest BCUT2D eigenvalue weighted by atomic mass is 32.2. The van der Waals surface area contributed by atoms with Crippen molar-refractivity contribution >= 4 is 15.7 Å². The Hall–Kier alpha value is -1.86. The first-order valence-electron chi connectivity index (χ1n) is 8.32. The number of hydrogen-bond acceptors (Lipinski definition) is 4. The lowest BCUT2D eigenvalue weighted by Crippen LogP contribution is -2.23. The van der Waals surface area contributed by atoms with Crippen LogP contribution in [0.25, 0.3) is 11.3 Å². The molecule has 130 valence electrons. The van der Waals surface area contributed by atoms with E-state index in [2.05, 4.69) is 15.0 Å². The molecule has 0 bridgehead atoms. The zero-order chi connectivity index (χ0) is 17.2. The molecule has 7 heteroatoms. The Labute approximate surface area is 143 Å². The van der Waals surface area contributed by atoms with Crippen LogP contribution in [0.5, 0.6) is 0 Å². The second-order valence-corrected chi connectivity index (χ2v) is 8.21. The number of nitrogens with zero attached hydrogens (tertiary/aromatic N) is 2. The Bertz CT molecular complexity index is 808. The second-order valence-electron chi connectivity index (χ2n) is 6.32. The first-order chi connectivity index (χ1) is 11.5. The monoisotopic (exact) mass is 348 g/mol. The summed E-state index contributed by atoms with van der Waals surface area (Å²) in [6.07, 6.45) is 9.70. The molecule has 0 radical (unpaired) electrons. The Kier molecular flexibility index (Phi) is 4.91. The van der Waals surface area contributed by atoms with E-state index in [1.807, 2.05) is 23.9 Å². The zero-order valence-corrected chi connectivity index (χ0v) is 14.9. The summed E-state index contributed by atoms with van der Waals surface area (Å²) in [7, 11) is -0.162. The van der Waals surface area contributed by atoms with Gasteiger partial charge in [-0.1, -0.05) is 19.3 Å². The second kappa shape index (κ2) is 6.94. The minimum absolute atomic E-state index is 0.250. The molecule has 0 spiro atoms. The van der Waals surface area contributed by atoms with Crippen molar-refractivity contribution in [3.05, 3.63) is 30.7 Å². The van der Waals surface area contributed by atoms with Crippen molar-refractivity contribution in [2.45, 2.75) is 43.0 Å². The molecular formula is C17H24N4O2S. The summed E-state index contributed by atoms with van der Waals surface area (Å²) in [5, 5.41) is 3.59. The van der Waals surface area contributed by atoms with Gasteiger partial charge in [0, 0.05) is 30.5 Å². The van der Waals surface area contributed by atoms with E-state index in [-0.39, 0.29) is 4.90 Å². The van der Waals surface area contributed by atoms with Crippen LogP contribution in [0.15, 0.2) is 35.6 Å². The molecule has 1 aliphatic rings. The van der Waals surface area contributed by atoms with Crippen molar-refractivity contribution in [3.8, 4) is 11.3 Å². The van der Waals surface area contributed by atoms with Gasteiger partial charge in [0.15, 0.2) is 0 Å². The number of sulfonamides is 1. The summed E-state index contributed by atoms with van der Waals surface area (Å²) in [5.74, 6) is 0. The van der Waals surface area contributed by atoms with Gasteiger partial charge in [0.05, 0.1) is 16.9 Å². The molecule has 2 N–H and O–H groups in total. The van der Waals surface area contributed by atoms with Gasteiger partial charge in [-0.25, -0.2) is 18.1 Å². The maximum absolute atomic E-state index is 12.1. The van der Waals surface area contributed by atoms with Gasteiger partial charge in [0.1, 0.15) is 0 Å². The Morgan fingerprint density at radius 1 is 1.21 bits per heavy atom. The van der Waals surface area contributed by atoms with Crippen LogP contribution in [0, 0.1) is 0 Å². The number of hydrogen-bond donors (Lipinski definition) is 2. The number of rotatable bonds is 5. The van der Waals surface area contributed by atoms with Crippen molar-refractivity contribution in [1.82, 2.24) is 14.3 Å². The lowest BCUT2D eigenvalue weighted by molar-refractivity contribution is 0.463. The fourth-order valence-electron chi connectivity index (χ4n) is 3.16. The summed E-state index contributed by atoms with van der Waals surface area (Å²) >= 11 is 0. The molecule has 1 aromatic heterocycles. The topological polar surface area (TPSA) is 76.0 Å². The standard InChI is InChI=1S/C17H24N4O2S/c1-18-24(22,23)14-8-9-16(20-13-6-4-3-5-7-13)15(10-14)17-11-21(2)12-19-17/h8-13,18,20H,3-7H2,1-2H3. The molecule has 24 heavy (non-hydrogen) atoms. The van der Waals surface area contributed by atoms with E-state index in [0.29, 0.717) is 6.04 Å². The van der Waals surface area contributed by atoms with Crippen LogP contribution in [0.3, 0.4) is 0 Å². The molecule has 0 unspecified atom stereocenters. The fraction of sp³-hybridized carbons (Fsp3) is 0.471. The molecular weight excluding hydrogens is 324 g/mol. The highest BCUT2D eigenvalue weighted by molar-refractivity contribution is 7.89. The highest BCUT2D eigenvalue weighted by Crippen LogP contribution is 2.32. The molecule has 2 aromatic rings. The van der Waals surface area contributed by atoms with Gasteiger partial charge >= 0.3 is 0 Å². The molecule has 1 aromatic carbocycles. The molecule has 6 nitrogen and oxygen atoms in total. The van der Waals surface area contributed by atoms with Crippen molar-refractivity contribution in [3.63, 3.8) is 0 Å². The third kappa shape index (κ3) is 3.62. The number of anilines is 1. The van der Waals surface area contributed by atoms with Gasteiger partial charge in [-0.15, -0.1) is 0 Å². The highest BCUT2D eigenvalue weighted by Gasteiger charge is 2.19. The summed E-state index contributed by atoms with van der Waals surface area (Å²) in [6.45, 7) is 0. The lowest BCUT2D eigenvalue weighted by atomic mass is 9.95. The number of imidazole rings is 1. The normalized spacial score (nSPS) is 16.2. The predicted octanol–water partition coefficient (Wildman–Crippen LogP) is 2.74. The first-order valence-corrected chi connectivity index (χ1v) is 9.80. The molecule has 1 saturated carbocycles. The van der Waals surface area contributed by atoms with E-state index in [1.165, 1.54) is 26.3 Å². The number of nitrogens with one attached hydrogen (secondary N) is 2. The predicted molar refractivity (Wildman–Crippen MR) is 95.4 cm³/mol. The average molecular weight is 348 g/mol. The molecule has 1 fully saturated rings. The smallest absolute Gasteiger partial charge is 0.240 e. The van der Waals surface area contributed by atoms with Crippen molar-refractivity contribution in [2.24, 2.45) is 7.05 Å². The maximum Gasteiger partial charge on any atom is 0.240 e. The third-order valence-electron chi connectivity index (χ3n) is 4.52. The molecule has 1 heterocycles. The molecule has 0 atom stereocenters.